The average molecular weight is 232 g/mol. The Kier molecular flexibility index (Phi) is 2.78. The Morgan fingerprint density at radius 1 is 1.47 bits per heavy atom. The van der Waals surface area contributed by atoms with E-state index in [1.807, 2.05) is 12.1 Å². The van der Waals surface area contributed by atoms with E-state index in [0.717, 1.165) is 5.82 Å². The number of aromatic nitrogens is 3. The molecule has 0 aromatic carbocycles. The van der Waals surface area contributed by atoms with Crippen molar-refractivity contribution in [2.24, 2.45) is 0 Å². The van der Waals surface area contributed by atoms with Crippen LogP contribution in [0, 0.1) is 6.92 Å². The predicted molar refractivity (Wildman–Crippen MR) is 62.6 cm³/mol. The van der Waals surface area contributed by atoms with Crippen molar-refractivity contribution in [3.05, 3.63) is 35.8 Å². The standard InChI is InChI=1S/C11H12N4O2/c1-7-6-8(10(16)17)14-11(13-7)15(2)9-4-3-5-12-9/h3-6,12H,1-2H3,(H,16,17). The van der Waals surface area contributed by atoms with Gasteiger partial charge in [0.05, 0.1) is 0 Å². The van der Waals surface area contributed by atoms with Gasteiger partial charge in [-0.15, -0.1) is 0 Å². The molecule has 2 rings (SSSR count). The summed E-state index contributed by atoms with van der Waals surface area (Å²) in [6.45, 7) is 1.74. The molecule has 0 spiro atoms. The van der Waals surface area contributed by atoms with Gasteiger partial charge in [-0.25, -0.2) is 14.8 Å². The number of nitrogens with zero attached hydrogens (tertiary/aromatic N) is 3. The van der Waals surface area contributed by atoms with Crippen LogP contribution >= 0.6 is 0 Å². The van der Waals surface area contributed by atoms with Gasteiger partial charge in [-0.1, -0.05) is 0 Å². The highest BCUT2D eigenvalue weighted by Gasteiger charge is 2.13. The molecule has 2 aromatic rings. The highest BCUT2D eigenvalue weighted by atomic mass is 16.4. The monoisotopic (exact) mass is 232 g/mol. The summed E-state index contributed by atoms with van der Waals surface area (Å²) in [5, 5.41) is 8.93. The third-order valence-corrected chi connectivity index (χ3v) is 2.30. The third-order valence-electron chi connectivity index (χ3n) is 2.30. The van der Waals surface area contributed by atoms with E-state index in [2.05, 4.69) is 15.0 Å². The summed E-state index contributed by atoms with van der Waals surface area (Å²) >= 11 is 0. The number of anilines is 2. The van der Waals surface area contributed by atoms with Crippen LogP contribution < -0.4 is 4.90 Å². The minimum Gasteiger partial charge on any atom is -0.477 e. The second-order valence-electron chi connectivity index (χ2n) is 3.61. The van der Waals surface area contributed by atoms with E-state index in [-0.39, 0.29) is 5.69 Å². The molecule has 6 heteroatoms. The van der Waals surface area contributed by atoms with E-state index in [0.29, 0.717) is 11.6 Å². The lowest BCUT2D eigenvalue weighted by atomic mass is 10.3. The molecule has 0 amide bonds. The van der Waals surface area contributed by atoms with Crippen LogP contribution in [0.1, 0.15) is 16.2 Å². The summed E-state index contributed by atoms with van der Waals surface area (Å²) in [4.78, 5) is 23.8. The minimum absolute atomic E-state index is 0.00842. The topological polar surface area (TPSA) is 82.1 Å². The molecule has 6 nitrogen and oxygen atoms in total. The van der Waals surface area contributed by atoms with E-state index in [1.54, 1.807) is 25.1 Å². The van der Waals surface area contributed by atoms with E-state index < -0.39 is 5.97 Å². The van der Waals surface area contributed by atoms with Crippen LogP contribution in [0.5, 0.6) is 0 Å². The van der Waals surface area contributed by atoms with Crippen LogP contribution in [-0.4, -0.2) is 33.1 Å². The molecule has 0 aliphatic carbocycles. The molecular weight excluding hydrogens is 220 g/mol. The Hall–Kier alpha value is -2.37. The summed E-state index contributed by atoms with van der Waals surface area (Å²) in [6, 6.07) is 5.14. The summed E-state index contributed by atoms with van der Waals surface area (Å²) < 4.78 is 0. The van der Waals surface area contributed by atoms with Crippen LogP contribution in [0.3, 0.4) is 0 Å². The maximum atomic E-state index is 10.9. The smallest absolute Gasteiger partial charge is 0.354 e. The molecule has 2 N–H and O–H groups in total. The molecule has 0 fully saturated rings. The van der Waals surface area contributed by atoms with Crippen LogP contribution in [0.4, 0.5) is 11.8 Å². The Balaban J connectivity index is 2.42. The van der Waals surface area contributed by atoms with Crippen LogP contribution in [0.2, 0.25) is 0 Å². The van der Waals surface area contributed by atoms with Gasteiger partial charge in [-0.2, -0.15) is 0 Å². The molecule has 0 saturated heterocycles. The van der Waals surface area contributed by atoms with Crippen molar-refractivity contribution in [3.8, 4) is 0 Å². The number of hydrogen-bond donors (Lipinski definition) is 2. The summed E-state index contributed by atoms with van der Waals surface area (Å²) in [7, 11) is 1.77. The van der Waals surface area contributed by atoms with Gasteiger partial charge >= 0.3 is 5.97 Å². The Labute approximate surface area is 97.9 Å². The fraction of sp³-hybridized carbons (Fsp3) is 0.182. The van der Waals surface area contributed by atoms with Gasteiger partial charge in [0, 0.05) is 18.9 Å². The molecule has 2 heterocycles. The van der Waals surface area contributed by atoms with E-state index in [4.69, 9.17) is 5.11 Å². The van der Waals surface area contributed by atoms with Crippen molar-refractivity contribution >= 4 is 17.7 Å². The molecule has 0 bridgehead atoms. The quantitative estimate of drug-likeness (QED) is 0.839. The number of aromatic amines is 1. The lowest BCUT2D eigenvalue weighted by molar-refractivity contribution is 0.0690. The van der Waals surface area contributed by atoms with E-state index >= 15 is 0 Å². The van der Waals surface area contributed by atoms with Crippen molar-refractivity contribution in [2.75, 3.05) is 11.9 Å². The van der Waals surface area contributed by atoms with Crippen LogP contribution in [-0.2, 0) is 0 Å². The minimum atomic E-state index is -1.06. The number of H-pyrrole nitrogens is 1. The molecule has 0 atom stereocenters. The van der Waals surface area contributed by atoms with Gasteiger partial charge in [-0.05, 0) is 25.1 Å². The molecule has 17 heavy (non-hydrogen) atoms. The summed E-state index contributed by atoms with van der Waals surface area (Å²) in [5.74, 6) is 0.0911. The fourth-order valence-electron chi connectivity index (χ4n) is 1.45. The van der Waals surface area contributed by atoms with Gasteiger partial charge < -0.3 is 10.1 Å². The van der Waals surface area contributed by atoms with Gasteiger partial charge in [0.2, 0.25) is 5.95 Å². The number of rotatable bonds is 3. The molecular formula is C11H12N4O2. The molecule has 0 unspecified atom stereocenters. The van der Waals surface area contributed by atoms with E-state index in [9.17, 15) is 4.79 Å². The highest BCUT2D eigenvalue weighted by molar-refractivity contribution is 5.85. The van der Waals surface area contributed by atoms with Crippen LogP contribution in [0.25, 0.3) is 0 Å². The number of nitrogens with one attached hydrogen (secondary N) is 1. The first-order valence-corrected chi connectivity index (χ1v) is 5.04. The summed E-state index contributed by atoms with van der Waals surface area (Å²) in [6.07, 6.45) is 1.78. The zero-order valence-corrected chi connectivity index (χ0v) is 9.51. The highest BCUT2D eigenvalue weighted by Crippen LogP contribution is 2.18. The number of aryl methyl sites for hydroxylation is 1. The lowest BCUT2D eigenvalue weighted by Gasteiger charge is -2.15. The number of aromatic carboxylic acids is 1. The van der Waals surface area contributed by atoms with Crippen molar-refractivity contribution < 1.29 is 9.90 Å². The van der Waals surface area contributed by atoms with Gasteiger partial charge in [0.15, 0.2) is 5.69 Å². The van der Waals surface area contributed by atoms with Crippen molar-refractivity contribution in [2.45, 2.75) is 6.92 Å². The molecule has 0 saturated carbocycles. The molecule has 2 aromatic heterocycles. The largest absolute Gasteiger partial charge is 0.477 e. The fourth-order valence-corrected chi connectivity index (χ4v) is 1.45. The maximum absolute atomic E-state index is 10.9. The predicted octanol–water partition coefficient (Wildman–Crippen LogP) is 1.58. The first kappa shape index (κ1) is 11.1. The number of hydrogen-bond acceptors (Lipinski definition) is 4. The summed E-state index contributed by atoms with van der Waals surface area (Å²) in [5.41, 5.74) is 0.608. The lowest BCUT2D eigenvalue weighted by Crippen LogP contribution is -2.16. The second-order valence-corrected chi connectivity index (χ2v) is 3.61. The van der Waals surface area contributed by atoms with Crippen molar-refractivity contribution in [1.82, 2.24) is 15.0 Å². The normalized spacial score (nSPS) is 10.2. The zero-order valence-electron chi connectivity index (χ0n) is 9.51. The van der Waals surface area contributed by atoms with Crippen molar-refractivity contribution in [1.29, 1.82) is 0 Å². The number of carboxylic acids is 1. The first-order chi connectivity index (χ1) is 8.08. The molecule has 0 radical (unpaired) electrons. The SMILES string of the molecule is Cc1cc(C(=O)O)nc(N(C)c2ccc[nH]2)n1. The maximum Gasteiger partial charge on any atom is 0.354 e. The molecule has 0 aliphatic rings. The molecule has 0 aliphatic heterocycles. The molecule has 88 valence electrons. The van der Waals surface area contributed by atoms with Gasteiger partial charge in [-0.3, -0.25) is 4.90 Å². The zero-order chi connectivity index (χ0) is 12.4. The first-order valence-electron chi connectivity index (χ1n) is 5.04. The third kappa shape index (κ3) is 2.25. The Morgan fingerprint density at radius 3 is 2.82 bits per heavy atom. The average Bonchev–Trinajstić information content (AvgIpc) is 2.80. The van der Waals surface area contributed by atoms with Crippen molar-refractivity contribution in [3.63, 3.8) is 0 Å². The van der Waals surface area contributed by atoms with Gasteiger partial charge in [0.25, 0.3) is 0 Å². The number of carbonyl (C=O) groups is 1. The van der Waals surface area contributed by atoms with Crippen LogP contribution in [0.15, 0.2) is 24.4 Å². The number of carboxylic acid groups (broad SMARTS) is 1. The van der Waals surface area contributed by atoms with E-state index in [1.165, 1.54) is 6.07 Å². The Morgan fingerprint density at radius 2 is 2.24 bits per heavy atom. The second kappa shape index (κ2) is 4.25. The Bertz CT molecular complexity index is 536. The van der Waals surface area contributed by atoms with Gasteiger partial charge in [0.1, 0.15) is 5.82 Å².